The average molecular weight is 263 g/mol. The summed E-state index contributed by atoms with van der Waals surface area (Å²) in [7, 11) is 2.87. The molecular formula is C11H12Cl2O3. The predicted molar refractivity (Wildman–Crippen MR) is 63.4 cm³/mol. The van der Waals surface area contributed by atoms with Crippen LogP contribution in [0.2, 0.25) is 10.0 Å². The standard InChI is InChI=1S/C11H12Cl2O3/c1-15-10-6-8(12)7(5-9(10)13)3-4-11(14)16-2/h5-6H,3-4H2,1-2H3. The smallest absolute Gasteiger partial charge is 0.305 e. The van der Waals surface area contributed by atoms with Crippen LogP contribution in [-0.4, -0.2) is 20.2 Å². The molecule has 5 heteroatoms. The maximum Gasteiger partial charge on any atom is 0.305 e. The van der Waals surface area contributed by atoms with Crippen molar-refractivity contribution in [3.8, 4) is 5.75 Å². The average Bonchev–Trinajstić information content (AvgIpc) is 2.29. The van der Waals surface area contributed by atoms with Crippen LogP contribution in [0.4, 0.5) is 0 Å². The second kappa shape index (κ2) is 5.97. The van der Waals surface area contributed by atoms with Crippen LogP contribution in [0.5, 0.6) is 5.75 Å². The van der Waals surface area contributed by atoms with E-state index in [9.17, 15) is 4.79 Å². The molecule has 0 aliphatic heterocycles. The van der Waals surface area contributed by atoms with Crippen LogP contribution < -0.4 is 4.74 Å². The van der Waals surface area contributed by atoms with E-state index in [1.165, 1.54) is 14.2 Å². The SMILES string of the molecule is COC(=O)CCc1cc(Cl)c(OC)cc1Cl. The van der Waals surface area contributed by atoms with Gasteiger partial charge in [-0.1, -0.05) is 23.2 Å². The normalized spacial score (nSPS) is 10.0. The minimum absolute atomic E-state index is 0.275. The molecule has 0 unspecified atom stereocenters. The third-order valence-corrected chi connectivity index (χ3v) is 2.79. The zero-order valence-corrected chi connectivity index (χ0v) is 10.6. The highest BCUT2D eigenvalue weighted by Crippen LogP contribution is 2.31. The van der Waals surface area contributed by atoms with Crippen LogP contribution in [0.25, 0.3) is 0 Å². The molecule has 3 nitrogen and oxygen atoms in total. The van der Waals surface area contributed by atoms with Gasteiger partial charge in [0, 0.05) is 17.5 Å². The van der Waals surface area contributed by atoms with Crippen LogP contribution >= 0.6 is 23.2 Å². The van der Waals surface area contributed by atoms with E-state index in [0.717, 1.165) is 5.56 Å². The van der Waals surface area contributed by atoms with Crippen molar-refractivity contribution in [3.63, 3.8) is 0 Å². The van der Waals surface area contributed by atoms with Gasteiger partial charge in [-0.15, -0.1) is 0 Å². The fourth-order valence-electron chi connectivity index (χ4n) is 1.26. The van der Waals surface area contributed by atoms with E-state index in [4.69, 9.17) is 27.9 Å². The van der Waals surface area contributed by atoms with Crippen LogP contribution in [0.3, 0.4) is 0 Å². The lowest BCUT2D eigenvalue weighted by atomic mass is 10.1. The zero-order valence-electron chi connectivity index (χ0n) is 9.05. The highest BCUT2D eigenvalue weighted by molar-refractivity contribution is 6.34. The summed E-state index contributed by atoms with van der Waals surface area (Å²) in [6, 6.07) is 3.34. The molecule has 0 spiro atoms. The van der Waals surface area contributed by atoms with Gasteiger partial charge in [0.25, 0.3) is 0 Å². The molecule has 88 valence electrons. The van der Waals surface area contributed by atoms with E-state index in [1.807, 2.05) is 0 Å². The molecule has 0 aliphatic rings. The summed E-state index contributed by atoms with van der Waals surface area (Å²) in [6.45, 7) is 0. The summed E-state index contributed by atoms with van der Waals surface area (Å²) < 4.78 is 9.57. The van der Waals surface area contributed by atoms with Gasteiger partial charge in [0.15, 0.2) is 0 Å². The topological polar surface area (TPSA) is 35.5 Å². The Labute approximate surface area is 104 Å². The third kappa shape index (κ3) is 3.29. The van der Waals surface area contributed by atoms with Crippen molar-refractivity contribution in [2.24, 2.45) is 0 Å². The number of rotatable bonds is 4. The molecule has 0 saturated carbocycles. The Morgan fingerprint density at radius 1 is 1.25 bits per heavy atom. The number of benzene rings is 1. The first-order valence-corrected chi connectivity index (χ1v) is 5.42. The fourth-order valence-corrected chi connectivity index (χ4v) is 1.77. The Morgan fingerprint density at radius 3 is 2.50 bits per heavy atom. The summed E-state index contributed by atoms with van der Waals surface area (Å²) in [5, 5.41) is 1.01. The van der Waals surface area contributed by atoms with Gasteiger partial charge in [0.05, 0.1) is 19.2 Å². The van der Waals surface area contributed by atoms with Gasteiger partial charge in [-0.3, -0.25) is 4.79 Å². The molecule has 0 aliphatic carbocycles. The van der Waals surface area contributed by atoms with Crippen molar-refractivity contribution >= 4 is 29.2 Å². The van der Waals surface area contributed by atoms with E-state index in [0.29, 0.717) is 22.2 Å². The molecular weight excluding hydrogens is 251 g/mol. The Bertz CT molecular complexity index is 391. The Morgan fingerprint density at radius 2 is 1.94 bits per heavy atom. The largest absolute Gasteiger partial charge is 0.495 e. The molecule has 0 N–H and O–H groups in total. The summed E-state index contributed by atoms with van der Waals surface area (Å²) >= 11 is 12.0. The molecule has 0 fully saturated rings. The van der Waals surface area contributed by atoms with Gasteiger partial charge in [-0.25, -0.2) is 0 Å². The molecule has 1 aromatic rings. The quantitative estimate of drug-likeness (QED) is 0.783. The maximum absolute atomic E-state index is 11.0. The van der Waals surface area contributed by atoms with Gasteiger partial charge in [-0.05, 0) is 18.1 Å². The lowest BCUT2D eigenvalue weighted by Crippen LogP contribution is -2.02. The molecule has 1 aromatic carbocycles. The molecule has 0 radical (unpaired) electrons. The number of hydrogen-bond acceptors (Lipinski definition) is 3. The molecule has 1 rings (SSSR count). The summed E-state index contributed by atoms with van der Waals surface area (Å²) in [5.74, 6) is 0.247. The number of hydrogen-bond donors (Lipinski definition) is 0. The number of aryl methyl sites for hydroxylation is 1. The van der Waals surface area contributed by atoms with Gasteiger partial charge in [0.2, 0.25) is 0 Å². The number of esters is 1. The minimum atomic E-state index is -0.275. The molecule has 0 atom stereocenters. The first-order valence-electron chi connectivity index (χ1n) is 4.67. The number of carbonyl (C=O) groups excluding carboxylic acids is 1. The van der Waals surface area contributed by atoms with Crippen LogP contribution in [0, 0.1) is 0 Å². The monoisotopic (exact) mass is 262 g/mol. The molecule has 0 bridgehead atoms. The van der Waals surface area contributed by atoms with Crippen molar-refractivity contribution in [3.05, 3.63) is 27.7 Å². The third-order valence-electron chi connectivity index (χ3n) is 2.15. The van der Waals surface area contributed by atoms with E-state index in [2.05, 4.69) is 4.74 Å². The van der Waals surface area contributed by atoms with E-state index in [-0.39, 0.29) is 12.4 Å². The summed E-state index contributed by atoms with van der Waals surface area (Å²) in [5.41, 5.74) is 0.804. The molecule has 0 heterocycles. The van der Waals surface area contributed by atoms with E-state index >= 15 is 0 Å². The van der Waals surface area contributed by atoms with Crippen LogP contribution in [0.15, 0.2) is 12.1 Å². The number of ether oxygens (including phenoxy) is 2. The molecule has 0 amide bonds. The number of carbonyl (C=O) groups is 1. The van der Waals surface area contributed by atoms with Crippen LogP contribution in [0.1, 0.15) is 12.0 Å². The Balaban J connectivity index is 2.81. The van der Waals surface area contributed by atoms with E-state index < -0.39 is 0 Å². The highest BCUT2D eigenvalue weighted by Gasteiger charge is 2.09. The second-order valence-corrected chi connectivity index (χ2v) is 3.97. The van der Waals surface area contributed by atoms with E-state index in [1.54, 1.807) is 12.1 Å². The first-order chi connectivity index (χ1) is 7.58. The number of halogens is 2. The molecule has 16 heavy (non-hydrogen) atoms. The van der Waals surface area contributed by atoms with Gasteiger partial charge in [-0.2, -0.15) is 0 Å². The minimum Gasteiger partial charge on any atom is -0.495 e. The maximum atomic E-state index is 11.0. The second-order valence-electron chi connectivity index (χ2n) is 3.15. The Hall–Kier alpha value is -0.930. The van der Waals surface area contributed by atoms with Crippen molar-refractivity contribution in [2.45, 2.75) is 12.8 Å². The van der Waals surface area contributed by atoms with Gasteiger partial charge in [0.1, 0.15) is 5.75 Å². The lowest BCUT2D eigenvalue weighted by Gasteiger charge is -2.08. The van der Waals surface area contributed by atoms with Crippen molar-refractivity contribution in [1.29, 1.82) is 0 Å². The molecule has 0 aromatic heterocycles. The van der Waals surface area contributed by atoms with Gasteiger partial charge >= 0.3 is 5.97 Å². The lowest BCUT2D eigenvalue weighted by molar-refractivity contribution is -0.140. The summed E-state index contributed by atoms with van der Waals surface area (Å²) in [4.78, 5) is 11.0. The van der Waals surface area contributed by atoms with Crippen molar-refractivity contribution in [2.75, 3.05) is 14.2 Å². The van der Waals surface area contributed by atoms with Crippen LogP contribution in [-0.2, 0) is 16.0 Å². The van der Waals surface area contributed by atoms with Crippen molar-refractivity contribution in [1.82, 2.24) is 0 Å². The predicted octanol–water partition coefficient (Wildman–Crippen LogP) is 3.11. The zero-order chi connectivity index (χ0) is 12.1. The number of methoxy groups -OCH3 is 2. The van der Waals surface area contributed by atoms with Crippen molar-refractivity contribution < 1.29 is 14.3 Å². The fraction of sp³-hybridized carbons (Fsp3) is 0.364. The highest BCUT2D eigenvalue weighted by atomic mass is 35.5. The Kier molecular flexibility index (Phi) is 4.90. The molecule has 0 saturated heterocycles. The first kappa shape index (κ1) is 13.1. The summed E-state index contributed by atoms with van der Waals surface area (Å²) in [6.07, 6.45) is 0.772. The van der Waals surface area contributed by atoms with Gasteiger partial charge < -0.3 is 9.47 Å².